The van der Waals surface area contributed by atoms with Gasteiger partial charge in [0.05, 0.1) is 5.41 Å². The highest BCUT2D eigenvalue weighted by Gasteiger charge is 2.48. The van der Waals surface area contributed by atoms with Crippen LogP contribution in [0.25, 0.3) is 0 Å². The van der Waals surface area contributed by atoms with E-state index in [0.29, 0.717) is 18.7 Å². The highest BCUT2D eigenvalue weighted by molar-refractivity contribution is 5.94. The number of hydrogen-bond donors (Lipinski definition) is 1. The molecule has 32 heavy (non-hydrogen) atoms. The van der Waals surface area contributed by atoms with E-state index in [-0.39, 0.29) is 23.0 Å². The fourth-order valence-electron chi connectivity index (χ4n) is 3.80. The predicted octanol–water partition coefficient (Wildman–Crippen LogP) is 2.48. The van der Waals surface area contributed by atoms with Gasteiger partial charge in [0, 0.05) is 38.3 Å². The molecule has 2 saturated heterocycles. The van der Waals surface area contributed by atoms with Crippen molar-refractivity contribution in [3.63, 3.8) is 0 Å². The Hall–Kier alpha value is -2.69. The van der Waals surface area contributed by atoms with Gasteiger partial charge in [-0.3, -0.25) is 9.59 Å². The zero-order valence-electron chi connectivity index (χ0n) is 18.0. The Bertz CT molecular complexity index is 819. The molecule has 11 heteroatoms. The molecule has 2 heterocycles. The van der Waals surface area contributed by atoms with Gasteiger partial charge in [-0.25, -0.2) is 9.18 Å². The first kappa shape index (κ1) is 25.6. The summed E-state index contributed by atoms with van der Waals surface area (Å²) in [4.78, 5) is 40.1. The van der Waals surface area contributed by atoms with Crippen molar-refractivity contribution in [1.29, 1.82) is 0 Å². The van der Waals surface area contributed by atoms with Crippen molar-refractivity contribution in [1.82, 2.24) is 14.7 Å². The Morgan fingerprint density at radius 3 is 2.03 bits per heavy atom. The molecular formula is C21H27F4N3O4. The van der Waals surface area contributed by atoms with E-state index in [9.17, 15) is 27.2 Å². The fraction of sp³-hybridized carbons (Fsp3) is 0.571. The molecule has 3 rings (SSSR count). The molecule has 2 aliphatic rings. The van der Waals surface area contributed by atoms with Crippen LogP contribution in [0.4, 0.5) is 17.6 Å². The van der Waals surface area contributed by atoms with E-state index in [1.165, 1.54) is 24.3 Å². The van der Waals surface area contributed by atoms with E-state index in [2.05, 4.69) is 4.90 Å². The molecule has 2 amide bonds. The molecule has 0 unspecified atom stereocenters. The number of carboxylic acids is 1. The third-order valence-corrected chi connectivity index (χ3v) is 5.76. The van der Waals surface area contributed by atoms with Crippen molar-refractivity contribution in [2.24, 2.45) is 5.41 Å². The quantitative estimate of drug-likeness (QED) is 0.697. The topological polar surface area (TPSA) is 81.2 Å². The number of likely N-dealkylation sites (N-methyl/N-ethyl adjacent to an activating group) is 1. The van der Waals surface area contributed by atoms with Crippen molar-refractivity contribution < 1.29 is 37.1 Å². The summed E-state index contributed by atoms with van der Waals surface area (Å²) in [5.74, 6) is -2.93. The number of halogens is 4. The standard InChI is InChI=1S/C19H26FN3O2.C2HF3O2/c1-21(2)13-14-23-12-9-19(18(23)25)7-10-22(11-8-19)17(24)15-3-5-16(20)6-4-15;3-2(4,5)1(6)7/h3-6H,7-14H2,1-2H3;(H,6,7). The van der Waals surface area contributed by atoms with E-state index in [4.69, 9.17) is 9.90 Å². The Labute approximate surface area is 183 Å². The Morgan fingerprint density at radius 1 is 1.06 bits per heavy atom. The molecule has 2 aliphatic heterocycles. The van der Waals surface area contributed by atoms with Crippen LogP contribution < -0.4 is 0 Å². The monoisotopic (exact) mass is 461 g/mol. The van der Waals surface area contributed by atoms with Crippen molar-refractivity contribution in [3.05, 3.63) is 35.6 Å². The van der Waals surface area contributed by atoms with Crippen LogP contribution in [0.5, 0.6) is 0 Å². The normalized spacial score (nSPS) is 18.0. The Balaban J connectivity index is 0.000000451. The summed E-state index contributed by atoms with van der Waals surface area (Å²) in [6.45, 7) is 3.63. The van der Waals surface area contributed by atoms with Gasteiger partial charge >= 0.3 is 12.1 Å². The largest absolute Gasteiger partial charge is 0.490 e. The van der Waals surface area contributed by atoms with Gasteiger partial charge in [-0.2, -0.15) is 13.2 Å². The van der Waals surface area contributed by atoms with Crippen molar-refractivity contribution in [2.75, 3.05) is 46.8 Å². The number of hydrogen-bond acceptors (Lipinski definition) is 4. The fourth-order valence-corrected chi connectivity index (χ4v) is 3.80. The number of amides is 2. The second kappa shape index (κ2) is 10.3. The summed E-state index contributed by atoms with van der Waals surface area (Å²) in [5, 5.41) is 7.12. The summed E-state index contributed by atoms with van der Waals surface area (Å²) >= 11 is 0. The number of piperidine rings is 1. The van der Waals surface area contributed by atoms with E-state index < -0.39 is 12.1 Å². The number of alkyl halides is 3. The number of nitrogens with zero attached hydrogens (tertiary/aromatic N) is 3. The van der Waals surface area contributed by atoms with Crippen LogP contribution >= 0.6 is 0 Å². The van der Waals surface area contributed by atoms with Crippen LogP contribution in [0, 0.1) is 11.2 Å². The molecule has 1 spiro atoms. The maximum absolute atomic E-state index is 13.0. The third kappa shape index (κ3) is 6.41. The van der Waals surface area contributed by atoms with Crippen LogP contribution in [0.3, 0.4) is 0 Å². The molecule has 0 aliphatic carbocycles. The first-order chi connectivity index (χ1) is 14.9. The summed E-state index contributed by atoms with van der Waals surface area (Å²) < 4.78 is 44.8. The van der Waals surface area contributed by atoms with Gasteiger partial charge in [-0.15, -0.1) is 0 Å². The molecule has 0 radical (unpaired) electrons. The van der Waals surface area contributed by atoms with Crippen LogP contribution in [0.1, 0.15) is 29.6 Å². The maximum Gasteiger partial charge on any atom is 0.490 e. The van der Waals surface area contributed by atoms with Gasteiger partial charge in [0.25, 0.3) is 5.91 Å². The van der Waals surface area contributed by atoms with Crippen molar-refractivity contribution in [3.8, 4) is 0 Å². The van der Waals surface area contributed by atoms with Crippen LogP contribution in [0.2, 0.25) is 0 Å². The first-order valence-corrected chi connectivity index (χ1v) is 10.1. The van der Waals surface area contributed by atoms with E-state index in [0.717, 1.165) is 38.9 Å². The smallest absolute Gasteiger partial charge is 0.475 e. The van der Waals surface area contributed by atoms with E-state index >= 15 is 0 Å². The minimum Gasteiger partial charge on any atom is -0.475 e. The SMILES string of the molecule is CN(C)CCN1CCC2(CCN(C(=O)c3ccc(F)cc3)CC2)C1=O.O=C(O)C(F)(F)F. The van der Waals surface area contributed by atoms with Crippen LogP contribution in [-0.2, 0) is 9.59 Å². The highest BCUT2D eigenvalue weighted by atomic mass is 19.4. The second-order valence-corrected chi connectivity index (χ2v) is 8.23. The van der Waals surface area contributed by atoms with Crippen LogP contribution in [-0.4, -0.2) is 90.6 Å². The van der Waals surface area contributed by atoms with E-state index in [1.807, 2.05) is 19.0 Å². The number of benzene rings is 1. The molecule has 2 fully saturated rings. The molecule has 0 saturated carbocycles. The molecule has 0 atom stereocenters. The van der Waals surface area contributed by atoms with Gasteiger partial charge in [0.1, 0.15) is 5.82 Å². The lowest BCUT2D eigenvalue weighted by Gasteiger charge is -2.38. The molecule has 178 valence electrons. The summed E-state index contributed by atoms with van der Waals surface area (Å²) in [5.41, 5.74) is 0.217. The Morgan fingerprint density at radius 2 is 1.56 bits per heavy atom. The van der Waals surface area contributed by atoms with Gasteiger partial charge in [-0.05, 0) is 57.6 Å². The number of likely N-dealkylation sites (tertiary alicyclic amines) is 2. The maximum atomic E-state index is 13.0. The number of rotatable bonds is 4. The molecule has 1 aromatic carbocycles. The minimum atomic E-state index is -5.08. The van der Waals surface area contributed by atoms with Crippen molar-refractivity contribution in [2.45, 2.75) is 25.4 Å². The number of aliphatic carboxylic acids is 1. The minimum absolute atomic E-state index is 0.0789. The number of carbonyl (C=O) groups excluding carboxylic acids is 2. The molecule has 7 nitrogen and oxygen atoms in total. The molecule has 1 aromatic rings. The Kier molecular flexibility index (Phi) is 8.22. The second-order valence-electron chi connectivity index (χ2n) is 8.23. The van der Waals surface area contributed by atoms with E-state index in [1.54, 1.807) is 4.90 Å². The van der Waals surface area contributed by atoms with Crippen LogP contribution in [0.15, 0.2) is 24.3 Å². The predicted molar refractivity (Wildman–Crippen MR) is 107 cm³/mol. The zero-order chi connectivity index (χ0) is 24.1. The zero-order valence-corrected chi connectivity index (χ0v) is 18.0. The average molecular weight is 461 g/mol. The van der Waals surface area contributed by atoms with Gasteiger partial charge < -0.3 is 19.8 Å². The lowest BCUT2D eigenvalue weighted by molar-refractivity contribution is -0.192. The molecule has 1 N–H and O–H groups in total. The summed E-state index contributed by atoms with van der Waals surface area (Å²) in [6.07, 6.45) is -2.76. The third-order valence-electron chi connectivity index (χ3n) is 5.76. The number of carboxylic acid groups (broad SMARTS) is 1. The summed E-state index contributed by atoms with van der Waals surface area (Å²) in [6, 6.07) is 5.65. The van der Waals surface area contributed by atoms with Crippen molar-refractivity contribution >= 4 is 17.8 Å². The number of carbonyl (C=O) groups is 3. The van der Waals surface area contributed by atoms with Gasteiger partial charge in [0.2, 0.25) is 5.91 Å². The molecular weight excluding hydrogens is 434 g/mol. The first-order valence-electron chi connectivity index (χ1n) is 10.1. The van der Waals surface area contributed by atoms with Gasteiger partial charge in [-0.1, -0.05) is 0 Å². The lowest BCUT2D eigenvalue weighted by atomic mass is 9.77. The average Bonchev–Trinajstić information content (AvgIpc) is 3.02. The molecule has 0 aromatic heterocycles. The lowest BCUT2D eigenvalue weighted by Crippen LogP contribution is -2.47. The van der Waals surface area contributed by atoms with Gasteiger partial charge in [0.15, 0.2) is 0 Å². The summed E-state index contributed by atoms with van der Waals surface area (Å²) in [7, 11) is 4.02. The molecule has 0 bridgehead atoms. The highest BCUT2D eigenvalue weighted by Crippen LogP contribution is 2.41.